The SMILES string of the molecule is C[N+]1(C2CCCCC2)CC2(COC2)C1. The summed E-state index contributed by atoms with van der Waals surface area (Å²) >= 11 is 0. The van der Waals surface area contributed by atoms with Gasteiger partial charge in [0.25, 0.3) is 0 Å². The summed E-state index contributed by atoms with van der Waals surface area (Å²) in [7, 11) is 2.47. The van der Waals surface area contributed by atoms with E-state index in [2.05, 4.69) is 7.05 Å². The summed E-state index contributed by atoms with van der Waals surface area (Å²) in [6, 6.07) is 0.981. The van der Waals surface area contributed by atoms with E-state index in [0.29, 0.717) is 5.41 Å². The minimum absolute atomic E-state index is 0.631. The predicted octanol–water partition coefficient (Wildman–Crippen LogP) is 1.80. The third-order valence-electron chi connectivity index (χ3n) is 4.67. The molecule has 1 spiro atoms. The van der Waals surface area contributed by atoms with Gasteiger partial charge in [0.05, 0.1) is 39.4 Å². The molecule has 0 aromatic carbocycles. The summed E-state index contributed by atoms with van der Waals surface area (Å²) in [5.41, 5.74) is 0.631. The van der Waals surface area contributed by atoms with E-state index in [1.807, 2.05) is 0 Å². The van der Waals surface area contributed by atoms with Crippen LogP contribution in [0.2, 0.25) is 0 Å². The highest BCUT2D eigenvalue weighted by Gasteiger charge is 2.60. The summed E-state index contributed by atoms with van der Waals surface area (Å²) in [6.45, 7) is 4.90. The molecule has 2 saturated heterocycles. The van der Waals surface area contributed by atoms with Crippen molar-refractivity contribution in [2.75, 3.05) is 33.4 Å². The Balaban J connectivity index is 1.61. The summed E-state index contributed by atoms with van der Waals surface area (Å²) < 4.78 is 6.72. The Hall–Kier alpha value is -0.0800. The molecule has 1 aliphatic carbocycles. The van der Waals surface area contributed by atoms with Crippen LogP contribution < -0.4 is 0 Å². The topological polar surface area (TPSA) is 9.23 Å². The van der Waals surface area contributed by atoms with Crippen molar-refractivity contribution in [1.29, 1.82) is 0 Å². The fraction of sp³-hybridized carbons (Fsp3) is 1.00. The molecule has 0 aromatic rings. The van der Waals surface area contributed by atoms with Crippen molar-refractivity contribution in [3.8, 4) is 0 Å². The van der Waals surface area contributed by atoms with Crippen LogP contribution in [-0.2, 0) is 4.74 Å². The number of hydrogen-bond donors (Lipinski definition) is 0. The monoisotopic (exact) mass is 196 g/mol. The van der Waals surface area contributed by atoms with Crippen LogP contribution in [0.3, 0.4) is 0 Å². The van der Waals surface area contributed by atoms with Crippen LogP contribution in [0, 0.1) is 5.41 Å². The van der Waals surface area contributed by atoms with E-state index in [0.717, 1.165) is 19.3 Å². The maximum Gasteiger partial charge on any atom is 0.115 e. The van der Waals surface area contributed by atoms with Gasteiger partial charge in [0.2, 0.25) is 0 Å². The third kappa shape index (κ3) is 1.24. The van der Waals surface area contributed by atoms with E-state index in [-0.39, 0.29) is 0 Å². The quantitative estimate of drug-likeness (QED) is 0.581. The van der Waals surface area contributed by atoms with Crippen LogP contribution >= 0.6 is 0 Å². The third-order valence-corrected chi connectivity index (χ3v) is 4.67. The first-order valence-corrected chi connectivity index (χ1v) is 6.15. The molecular formula is C12H22NO+. The summed E-state index contributed by atoms with van der Waals surface area (Å²) in [5, 5.41) is 0. The highest BCUT2D eigenvalue weighted by Crippen LogP contribution is 2.45. The number of ether oxygens (including phenoxy) is 1. The Morgan fingerprint density at radius 2 is 1.71 bits per heavy atom. The molecule has 0 radical (unpaired) electrons. The number of hydrogen-bond acceptors (Lipinski definition) is 1. The predicted molar refractivity (Wildman–Crippen MR) is 56.0 cm³/mol. The molecule has 2 nitrogen and oxygen atoms in total. The van der Waals surface area contributed by atoms with Crippen molar-refractivity contribution >= 4 is 0 Å². The minimum atomic E-state index is 0.631. The van der Waals surface area contributed by atoms with Crippen LogP contribution in [0.4, 0.5) is 0 Å². The zero-order valence-electron chi connectivity index (χ0n) is 9.30. The second kappa shape index (κ2) is 2.96. The van der Waals surface area contributed by atoms with Crippen molar-refractivity contribution in [3.63, 3.8) is 0 Å². The van der Waals surface area contributed by atoms with Gasteiger partial charge in [-0.05, 0) is 25.7 Å². The Kier molecular flexibility index (Phi) is 1.94. The summed E-state index contributed by atoms with van der Waals surface area (Å²) in [5.74, 6) is 0. The molecule has 0 atom stereocenters. The Morgan fingerprint density at radius 1 is 1.07 bits per heavy atom. The first-order chi connectivity index (χ1) is 6.73. The fourth-order valence-electron chi connectivity index (χ4n) is 4.02. The van der Waals surface area contributed by atoms with Gasteiger partial charge in [-0.3, -0.25) is 0 Å². The van der Waals surface area contributed by atoms with Gasteiger partial charge in [0.1, 0.15) is 5.41 Å². The molecule has 2 heterocycles. The van der Waals surface area contributed by atoms with E-state index in [1.165, 1.54) is 49.7 Å². The molecule has 3 fully saturated rings. The zero-order valence-corrected chi connectivity index (χ0v) is 9.30. The second-order valence-corrected chi connectivity index (χ2v) is 6.08. The van der Waals surface area contributed by atoms with Gasteiger partial charge in [-0.15, -0.1) is 0 Å². The maximum absolute atomic E-state index is 5.35. The van der Waals surface area contributed by atoms with E-state index in [1.54, 1.807) is 0 Å². The van der Waals surface area contributed by atoms with Gasteiger partial charge in [-0.2, -0.15) is 0 Å². The molecule has 14 heavy (non-hydrogen) atoms. The van der Waals surface area contributed by atoms with Crippen LogP contribution in [0.1, 0.15) is 32.1 Å². The van der Waals surface area contributed by atoms with Gasteiger partial charge in [0, 0.05) is 0 Å². The molecule has 0 amide bonds. The molecule has 1 saturated carbocycles. The Labute approximate surface area is 86.8 Å². The molecule has 0 aromatic heterocycles. The summed E-state index contributed by atoms with van der Waals surface area (Å²) in [4.78, 5) is 0. The van der Waals surface area contributed by atoms with Crippen molar-refractivity contribution in [1.82, 2.24) is 0 Å². The number of rotatable bonds is 1. The lowest BCUT2D eigenvalue weighted by atomic mass is 9.73. The number of nitrogens with zero attached hydrogens (tertiary/aromatic N) is 1. The molecule has 80 valence electrons. The zero-order chi connectivity index (χ0) is 9.65. The summed E-state index contributed by atoms with van der Waals surface area (Å²) in [6.07, 6.45) is 7.38. The largest absolute Gasteiger partial charge is 0.379 e. The molecule has 0 bridgehead atoms. The first kappa shape index (κ1) is 9.17. The molecule has 3 aliphatic rings. The maximum atomic E-state index is 5.35. The highest BCUT2D eigenvalue weighted by atomic mass is 16.5. The van der Waals surface area contributed by atoms with E-state index >= 15 is 0 Å². The normalized spacial score (nSPS) is 34.9. The smallest absolute Gasteiger partial charge is 0.115 e. The number of likely N-dealkylation sites (tertiary alicyclic amines) is 1. The molecule has 2 heteroatoms. The fourth-order valence-corrected chi connectivity index (χ4v) is 4.02. The van der Waals surface area contributed by atoms with Gasteiger partial charge in [-0.1, -0.05) is 6.42 Å². The highest BCUT2D eigenvalue weighted by molar-refractivity contribution is 4.93. The van der Waals surface area contributed by atoms with Crippen molar-refractivity contribution in [2.24, 2.45) is 5.41 Å². The average molecular weight is 196 g/mol. The van der Waals surface area contributed by atoms with Crippen LogP contribution in [0.5, 0.6) is 0 Å². The van der Waals surface area contributed by atoms with Crippen molar-refractivity contribution in [3.05, 3.63) is 0 Å². The van der Waals surface area contributed by atoms with Gasteiger partial charge in [-0.25, -0.2) is 0 Å². The lowest BCUT2D eigenvalue weighted by Gasteiger charge is -2.62. The standard InChI is InChI=1S/C12H22NO/c1-13(11-5-3-2-4-6-11)7-12(8-13)9-14-10-12/h11H,2-10H2,1H3/q+1. The molecule has 3 rings (SSSR count). The van der Waals surface area contributed by atoms with E-state index in [4.69, 9.17) is 4.74 Å². The van der Waals surface area contributed by atoms with Crippen LogP contribution in [0.15, 0.2) is 0 Å². The second-order valence-electron chi connectivity index (χ2n) is 6.08. The van der Waals surface area contributed by atoms with Gasteiger partial charge in [0.15, 0.2) is 0 Å². The van der Waals surface area contributed by atoms with Crippen LogP contribution in [-0.4, -0.2) is 43.9 Å². The number of quaternary nitrogens is 1. The van der Waals surface area contributed by atoms with Gasteiger partial charge < -0.3 is 9.22 Å². The molecule has 0 N–H and O–H groups in total. The average Bonchev–Trinajstić information content (AvgIpc) is 2.11. The van der Waals surface area contributed by atoms with Crippen LogP contribution in [0.25, 0.3) is 0 Å². The first-order valence-electron chi connectivity index (χ1n) is 6.15. The van der Waals surface area contributed by atoms with E-state index in [9.17, 15) is 0 Å². The van der Waals surface area contributed by atoms with Crippen molar-refractivity contribution in [2.45, 2.75) is 38.1 Å². The van der Waals surface area contributed by atoms with Crippen molar-refractivity contribution < 1.29 is 9.22 Å². The molecule has 2 aliphatic heterocycles. The minimum Gasteiger partial charge on any atom is -0.379 e. The Bertz CT molecular complexity index is 220. The Morgan fingerprint density at radius 3 is 2.21 bits per heavy atom. The lowest BCUT2D eigenvalue weighted by molar-refractivity contribution is -0.993. The molecular weight excluding hydrogens is 174 g/mol. The van der Waals surface area contributed by atoms with E-state index < -0.39 is 0 Å². The lowest BCUT2D eigenvalue weighted by Crippen LogP contribution is -2.76. The van der Waals surface area contributed by atoms with Gasteiger partial charge >= 0.3 is 0 Å². The molecule has 0 unspecified atom stereocenters.